The van der Waals surface area contributed by atoms with Crippen molar-refractivity contribution in [2.75, 3.05) is 13.7 Å². The molecule has 0 unspecified atom stereocenters. The van der Waals surface area contributed by atoms with Gasteiger partial charge in [-0.3, -0.25) is 4.89 Å². The van der Waals surface area contributed by atoms with Gasteiger partial charge in [0, 0.05) is 0 Å². The van der Waals surface area contributed by atoms with Crippen molar-refractivity contribution in [2.24, 2.45) is 0 Å². The molecule has 0 aliphatic heterocycles. The van der Waals surface area contributed by atoms with Gasteiger partial charge in [-0.15, -0.1) is 0 Å². The third-order valence-corrected chi connectivity index (χ3v) is 4.54. The Morgan fingerprint density at radius 3 is 1.92 bits per heavy atom. The van der Waals surface area contributed by atoms with E-state index in [9.17, 15) is 4.79 Å². The van der Waals surface area contributed by atoms with Gasteiger partial charge in [-0.05, 0) is 18.6 Å². The van der Waals surface area contributed by atoms with Crippen LogP contribution in [0.25, 0.3) is 0 Å². The van der Waals surface area contributed by atoms with Crippen LogP contribution in [0.1, 0.15) is 94.3 Å². The number of hydrogen-bond acceptors (Lipinski definition) is 4. The highest BCUT2D eigenvalue weighted by Crippen LogP contribution is 2.18. The Labute approximate surface area is 159 Å². The number of para-hydroxylation sites is 1. The van der Waals surface area contributed by atoms with Crippen molar-refractivity contribution in [1.29, 1.82) is 0 Å². The van der Waals surface area contributed by atoms with Gasteiger partial charge in [-0.2, -0.15) is 4.89 Å². The average Bonchev–Trinajstić information content (AvgIpc) is 2.68. The first-order valence-corrected chi connectivity index (χ1v) is 10.3. The van der Waals surface area contributed by atoms with Gasteiger partial charge in [0.1, 0.15) is 11.3 Å². The fourth-order valence-electron chi connectivity index (χ4n) is 2.96. The number of carbonyl (C=O) groups is 1. The van der Waals surface area contributed by atoms with Crippen LogP contribution < -0.4 is 4.74 Å². The lowest BCUT2D eigenvalue weighted by atomic mass is 10.1. The van der Waals surface area contributed by atoms with Crippen LogP contribution in [0.5, 0.6) is 5.75 Å². The molecule has 0 bridgehead atoms. The molecule has 0 saturated heterocycles. The zero-order valence-corrected chi connectivity index (χ0v) is 16.6. The van der Waals surface area contributed by atoms with E-state index in [1.807, 2.05) is 6.07 Å². The standard InChI is InChI=1S/C22H36O4/c1-3-4-5-6-7-8-9-10-11-12-13-16-19-25-26-22(23)20-17-14-15-18-21(20)24-2/h14-15,17-18H,3-13,16,19H2,1-2H3. The van der Waals surface area contributed by atoms with Crippen LogP contribution in [-0.4, -0.2) is 19.7 Å². The van der Waals surface area contributed by atoms with E-state index in [1.54, 1.807) is 18.2 Å². The van der Waals surface area contributed by atoms with Crippen LogP contribution in [0.3, 0.4) is 0 Å². The summed E-state index contributed by atoms with van der Waals surface area (Å²) < 4.78 is 5.13. The minimum atomic E-state index is -0.513. The summed E-state index contributed by atoms with van der Waals surface area (Å²) in [5, 5.41) is 0. The minimum absolute atomic E-state index is 0.379. The van der Waals surface area contributed by atoms with Crippen molar-refractivity contribution in [3.05, 3.63) is 29.8 Å². The monoisotopic (exact) mass is 364 g/mol. The van der Waals surface area contributed by atoms with E-state index in [1.165, 1.54) is 71.3 Å². The fourth-order valence-corrected chi connectivity index (χ4v) is 2.96. The normalized spacial score (nSPS) is 10.7. The molecule has 4 nitrogen and oxygen atoms in total. The number of methoxy groups -OCH3 is 1. The van der Waals surface area contributed by atoms with E-state index in [2.05, 4.69) is 6.92 Å². The lowest BCUT2D eigenvalue weighted by Crippen LogP contribution is -2.08. The van der Waals surface area contributed by atoms with Crippen LogP contribution in [-0.2, 0) is 9.78 Å². The Bertz CT molecular complexity index is 473. The number of ether oxygens (including phenoxy) is 1. The predicted octanol–water partition coefficient (Wildman–Crippen LogP) is 6.48. The molecule has 0 N–H and O–H groups in total. The molecule has 0 saturated carbocycles. The molecule has 0 amide bonds. The summed E-state index contributed by atoms with van der Waals surface area (Å²) in [5.41, 5.74) is 0.379. The quantitative estimate of drug-likeness (QED) is 0.191. The van der Waals surface area contributed by atoms with Gasteiger partial charge in [0.2, 0.25) is 0 Å². The van der Waals surface area contributed by atoms with E-state index >= 15 is 0 Å². The molecule has 1 aromatic carbocycles. The summed E-state index contributed by atoms with van der Waals surface area (Å²) >= 11 is 0. The minimum Gasteiger partial charge on any atom is -0.496 e. The van der Waals surface area contributed by atoms with Crippen LogP contribution in [0, 0.1) is 0 Å². The predicted molar refractivity (Wildman–Crippen MR) is 105 cm³/mol. The molecule has 0 aromatic heterocycles. The number of unbranched alkanes of at least 4 members (excludes halogenated alkanes) is 11. The van der Waals surface area contributed by atoms with Crippen LogP contribution in [0.15, 0.2) is 24.3 Å². The molecular weight excluding hydrogens is 328 g/mol. The van der Waals surface area contributed by atoms with E-state index in [0.29, 0.717) is 17.9 Å². The first-order chi connectivity index (χ1) is 12.8. The van der Waals surface area contributed by atoms with Gasteiger partial charge in [0.25, 0.3) is 0 Å². The molecule has 0 spiro atoms. The maximum atomic E-state index is 11.9. The van der Waals surface area contributed by atoms with E-state index in [4.69, 9.17) is 14.5 Å². The summed E-state index contributed by atoms with van der Waals surface area (Å²) in [6, 6.07) is 6.96. The molecule has 1 aromatic rings. The molecule has 26 heavy (non-hydrogen) atoms. The summed E-state index contributed by atoms with van der Waals surface area (Å²) in [5.74, 6) is -0.0205. The third kappa shape index (κ3) is 10.4. The molecule has 0 aliphatic carbocycles. The molecule has 0 fully saturated rings. The first-order valence-electron chi connectivity index (χ1n) is 10.3. The van der Waals surface area contributed by atoms with E-state index in [-0.39, 0.29) is 0 Å². The first kappa shape index (κ1) is 22.5. The molecular formula is C22H36O4. The number of carbonyl (C=O) groups excluding carboxylic acids is 1. The fraction of sp³-hybridized carbons (Fsp3) is 0.682. The number of rotatable bonds is 16. The van der Waals surface area contributed by atoms with Crippen LogP contribution >= 0.6 is 0 Å². The lowest BCUT2D eigenvalue weighted by molar-refractivity contribution is -0.241. The lowest BCUT2D eigenvalue weighted by Gasteiger charge is -2.07. The highest BCUT2D eigenvalue weighted by Gasteiger charge is 2.13. The van der Waals surface area contributed by atoms with Crippen molar-refractivity contribution >= 4 is 5.97 Å². The van der Waals surface area contributed by atoms with E-state index in [0.717, 1.165) is 12.8 Å². The van der Waals surface area contributed by atoms with Crippen molar-refractivity contribution in [2.45, 2.75) is 84.0 Å². The zero-order valence-electron chi connectivity index (χ0n) is 16.6. The Balaban J connectivity index is 1.91. The van der Waals surface area contributed by atoms with Crippen molar-refractivity contribution in [3.8, 4) is 5.75 Å². The average molecular weight is 365 g/mol. The smallest absolute Gasteiger partial charge is 0.376 e. The summed E-state index contributed by atoms with van der Waals surface area (Å²) in [4.78, 5) is 21.8. The van der Waals surface area contributed by atoms with Crippen LogP contribution in [0.2, 0.25) is 0 Å². The Kier molecular flexibility index (Phi) is 13.6. The zero-order chi connectivity index (χ0) is 18.9. The summed E-state index contributed by atoms with van der Waals surface area (Å²) in [6.45, 7) is 2.70. The highest BCUT2D eigenvalue weighted by molar-refractivity contribution is 5.92. The second-order valence-electron chi connectivity index (χ2n) is 6.78. The van der Waals surface area contributed by atoms with Gasteiger partial charge in [0.05, 0.1) is 13.7 Å². The van der Waals surface area contributed by atoms with Gasteiger partial charge < -0.3 is 4.74 Å². The maximum absolute atomic E-state index is 11.9. The van der Waals surface area contributed by atoms with Crippen molar-refractivity contribution in [3.63, 3.8) is 0 Å². The van der Waals surface area contributed by atoms with Gasteiger partial charge in [-0.25, -0.2) is 4.79 Å². The molecule has 0 radical (unpaired) electrons. The van der Waals surface area contributed by atoms with Gasteiger partial charge in [-0.1, -0.05) is 89.7 Å². The summed E-state index contributed by atoms with van der Waals surface area (Å²) in [6.07, 6.45) is 15.5. The van der Waals surface area contributed by atoms with Crippen molar-refractivity contribution < 1.29 is 19.3 Å². The Hall–Kier alpha value is -1.55. The number of hydrogen-bond donors (Lipinski definition) is 0. The Morgan fingerprint density at radius 2 is 1.35 bits per heavy atom. The SMILES string of the molecule is CCCCCCCCCCCCCCOOC(=O)c1ccccc1OC. The second-order valence-corrected chi connectivity index (χ2v) is 6.78. The topological polar surface area (TPSA) is 44.8 Å². The molecule has 0 atom stereocenters. The van der Waals surface area contributed by atoms with E-state index < -0.39 is 5.97 Å². The van der Waals surface area contributed by atoms with Crippen molar-refractivity contribution in [1.82, 2.24) is 0 Å². The third-order valence-electron chi connectivity index (χ3n) is 4.54. The summed E-state index contributed by atoms with van der Waals surface area (Å²) in [7, 11) is 1.53. The Morgan fingerprint density at radius 1 is 0.808 bits per heavy atom. The highest BCUT2D eigenvalue weighted by atomic mass is 17.2. The molecule has 0 heterocycles. The molecule has 0 aliphatic rings. The van der Waals surface area contributed by atoms with Crippen LogP contribution in [0.4, 0.5) is 0 Å². The van der Waals surface area contributed by atoms with Gasteiger partial charge in [0.15, 0.2) is 0 Å². The molecule has 4 heteroatoms. The molecule has 1 rings (SSSR count). The number of benzene rings is 1. The molecule has 148 valence electrons. The van der Waals surface area contributed by atoms with Gasteiger partial charge >= 0.3 is 5.97 Å². The maximum Gasteiger partial charge on any atom is 0.376 e. The largest absolute Gasteiger partial charge is 0.496 e. The second kappa shape index (κ2) is 15.7.